The van der Waals surface area contributed by atoms with Crippen molar-refractivity contribution in [1.82, 2.24) is 0 Å². The topological polar surface area (TPSA) is 43.4 Å². The molecule has 0 heterocycles. The van der Waals surface area contributed by atoms with Crippen molar-refractivity contribution in [2.45, 2.75) is 51.6 Å². The lowest BCUT2D eigenvalue weighted by Crippen LogP contribution is -2.26. The second-order valence-electron chi connectivity index (χ2n) is 7.56. The van der Waals surface area contributed by atoms with Crippen LogP contribution in [0.3, 0.4) is 0 Å². The molecule has 0 aliphatic heterocycles. The smallest absolute Gasteiger partial charge is 0.170 e. The van der Waals surface area contributed by atoms with Gasteiger partial charge in [-0.15, -0.1) is 0 Å². The summed E-state index contributed by atoms with van der Waals surface area (Å²) in [5, 5.41) is 0. The summed E-state index contributed by atoms with van der Waals surface area (Å²) in [4.78, 5) is 24.7. The number of benzene rings is 1. The van der Waals surface area contributed by atoms with Gasteiger partial charge in [-0.25, -0.2) is 0 Å². The summed E-state index contributed by atoms with van der Waals surface area (Å²) in [6.45, 7) is 8.35. The normalized spacial score (nSPS) is 20.6. The van der Waals surface area contributed by atoms with Crippen molar-refractivity contribution in [2.24, 2.45) is 0 Å². The van der Waals surface area contributed by atoms with Crippen LogP contribution in [0.2, 0.25) is 0 Å². The van der Waals surface area contributed by atoms with E-state index in [2.05, 4.69) is 20.8 Å². The third-order valence-electron chi connectivity index (χ3n) is 4.53. The second-order valence-corrected chi connectivity index (χ2v) is 7.56. The van der Waals surface area contributed by atoms with Gasteiger partial charge >= 0.3 is 0 Å². The van der Waals surface area contributed by atoms with Crippen molar-refractivity contribution in [1.29, 1.82) is 0 Å². The Balaban J connectivity index is 2.03. The largest absolute Gasteiger partial charge is 0.374 e. The summed E-state index contributed by atoms with van der Waals surface area (Å²) >= 11 is 0. The summed E-state index contributed by atoms with van der Waals surface area (Å²) < 4.78 is 5.39. The number of Topliss-reactive ketones (excluding diaryl/α,β-unsaturated/α-hetero) is 2. The van der Waals surface area contributed by atoms with Gasteiger partial charge in [0, 0.05) is 18.2 Å². The maximum absolute atomic E-state index is 12.3. The summed E-state index contributed by atoms with van der Waals surface area (Å²) in [6.07, 6.45) is 6.01. The van der Waals surface area contributed by atoms with Gasteiger partial charge in [-0.3, -0.25) is 9.59 Å². The zero-order valence-electron chi connectivity index (χ0n) is 15.2. The molecule has 1 aliphatic rings. The number of hydrogen-bond acceptors (Lipinski definition) is 3. The highest BCUT2D eigenvalue weighted by Crippen LogP contribution is 2.25. The molecule has 1 unspecified atom stereocenters. The molecule has 1 aliphatic carbocycles. The number of carbonyl (C=O) groups excluding carboxylic acids is 2. The fraction of sp³-hybridized carbons (Fsp3) is 0.429. The zero-order chi connectivity index (χ0) is 18.0. The van der Waals surface area contributed by atoms with Gasteiger partial charge in [-0.05, 0) is 24.3 Å². The number of ether oxygens (including phenoxy) is 1. The van der Waals surface area contributed by atoms with Crippen molar-refractivity contribution in [3.63, 3.8) is 0 Å². The quantitative estimate of drug-likeness (QED) is 0.594. The number of ketones is 2. The Morgan fingerprint density at radius 3 is 2.21 bits per heavy atom. The first-order valence-corrected chi connectivity index (χ1v) is 8.26. The Hall–Kier alpha value is -2.00. The average molecular weight is 326 g/mol. The van der Waals surface area contributed by atoms with Gasteiger partial charge in [0.15, 0.2) is 11.6 Å². The molecule has 3 nitrogen and oxygen atoms in total. The van der Waals surface area contributed by atoms with E-state index in [4.69, 9.17) is 4.74 Å². The standard InChI is InChI=1S/C21H26O3/c1-20(2,3)17-8-6-15(7-9-17)18(22)14-19(23)16-10-12-21(4,24-5)13-11-16/h6-12H,13-14H2,1-5H3. The number of allylic oxidation sites excluding steroid dienone is 2. The van der Waals surface area contributed by atoms with Crippen LogP contribution in [0.25, 0.3) is 0 Å². The van der Waals surface area contributed by atoms with E-state index in [9.17, 15) is 9.59 Å². The Kier molecular flexibility index (Phi) is 5.24. The molecule has 1 aromatic rings. The molecule has 0 fully saturated rings. The molecule has 1 atom stereocenters. The maximum atomic E-state index is 12.3. The molecule has 1 aromatic carbocycles. The van der Waals surface area contributed by atoms with E-state index in [-0.39, 0.29) is 29.0 Å². The third-order valence-corrected chi connectivity index (χ3v) is 4.53. The van der Waals surface area contributed by atoms with Crippen LogP contribution in [-0.2, 0) is 14.9 Å². The maximum Gasteiger partial charge on any atom is 0.170 e. The first-order valence-electron chi connectivity index (χ1n) is 8.26. The molecule has 0 radical (unpaired) electrons. The Bertz CT molecular complexity index is 687. The van der Waals surface area contributed by atoms with Crippen LogP contribution in [0.1, 0.15) is 56.5 Å². The van der Waals surface area contributed by atoms with Crippen LogP contribution in [0.5, 0.6) is 0 Å². The molecular weight excluding hydrogens is 300 g/mol. The van der Waals surface area contributed by atoms with E-state index in [0.717, 1.165) is 0 Å². The summed E-state index contributed by atoms with van der Waals surface area (Å²) in [7, 11) is 1.65. The fourth-order valence-electron chi connectivity index (χ4n) is 2.58. The van der Waals surface area contributed by atoms with Crippen LogP contribution in [0, 0.1) is 0 Å². The SMILES string of the molecule is COC1(C)C=CC(C(=O)CC(=O)c2ccc(C(C)(C)C)cc2)=CC1. The molecule has 3 heteroatoms. The second kappa shape index (κ2) is 6.86. The van der Waals surface area contributed by atoms with Crippen LogP contribution in [0.4, 0.5) is 0 Å². The molecule has 0 amide bonds. The van der Waals surface area contributed by atoms with Crippen molar-refractivity contribution in [2.75, 3.05) is 7.11 Å². The van der Waals surface area contributed by atoms with Crippen LogP contribution >= 0.6 is 0 Å². The van der Waals surface area contributed by atoms with Gasteiger partial charge in [0.25, 0.3) is 0 Å². The van der Waals surface area contributed by atoms with Gasteiger partial charge in [-0.2, -0.15) is 0 Å². The molecule has 128 valence electrons. The monoisotopic (exact) mass is 326 g/mol. The average Bonchev–Trinajstić information content (AvgIpc) is 2.54. The minimum absolute atomic E-state index is 0.0447. The minimum Gasteiger partial charge on any atom is -0.374 e. The Morgan fingerprint density at radius 2 is 1.75 bits per heavy atom. The lowest BCUT2D eigenvalue weighted by Gasteiger charge is -2.25. The molecular formula is C21H26O3. The first-order chi connectivity index (χ1) is 11.1. The van der Waals surface area contributed by atoms with Crippen LogP contribution < -0.4 is 0 Å². The van der Waals surface area contributed by atoms with Gasteiger partial charge in [0.2, 0.25) is 0 Å². The van der Waals surface area contributed by atoms with E-state index in [1.807, 2.05) is 43.3 Å². The number of rotatable bonds is 5. The minimum atomic E-state index is -0.365. The predicted octanol–water partition coefficient (Wildman–Crippen LogP) is 4.42. The third kappa shape index (κ3) is 4.30. The van der Waals surface area contributed by atoms with Crippen molar-refractivity contribution < 1.29 is 14.3 Å². The molecule has 0 N–H and O–H groups in total. The summed E-state index contributed by atoms with van der Waals surface area (Å²) in [5.74, 6) is -0.288. The van der Waals surface area contributed by atoms with Crippen LogP contribution in [0.15, 0.2) is 48.1 Å². The number of carbonyl (C=O) groups is 2. The molecule has 0 saturated heterocycles. The number of methoxy groups -OCH3 is 1. The summed E-state index contributed by atoms with van der Waals surface area (Å²) in [5.41, 5.74) is 2.02. The van der Waals surface area contributed by atoms with Gasteiger partial charge in [0.05, 0.1) is 12.0 Å². The van der Waals surface area contributed by atoms with E-state index < -0.39 is 0 Å². The van der Waals surface area contributed by atoms with E-state index >= 15 is 0 Å². The molecule has 0 aromatic heterocycles. The van der Waals surface area contributed by atoms with E-state index in [1.165, 1.54) is 5.56 Å². The molecule has 2 rings (SSSR count). The lowest BCUT2D eigenvalue weighted by molar-refractivity contribution is -0.114. The van der Waals surface area contributed by atoms with Crippen LogP contribution in [-0.4, -0.2) is 24.3 Å². The highest BCUT2D eigenvalue weighted by molar-refractivity contribution is 6.14. The predicted molar refractivity (Wildman–Crippen MR) is 96.4 cm³/mol. The summed E-state index contributed by atoms with van der Waals surface area (Å²) in [6, 6.07) is 7.54. The van der Waals surface area contributed by atoms with Crippen molar-refractivity contribution in [3.8, 4) is 0 Å². The Morgan fingerprint density at radius 1 is 1.12 bits per heavy atom. The fourth-order valence-corrected chi connectivity index (χ4v) is 2.58. The highest BCUT2D eigenvalue weighted by Gasteiger charge is 2.24. The first kappa shape index (κ1) is 18.3. The van der Waals surface area contributed by atoms with E-state index in [0.29, 0.717) is 17.6 Å². The van der Waals surface area contributed by atoms with Crippen molar-refractivity contribution >= 4 is 11.6 Å². The highest BCUT2D eigenvalue weighted by atomic mass is 16.5. The lowest BCUT2D eigenvalue weighted by atomic mass is 9.86. The Labute approximate surface area is 144 Å². The number of hydrogen-bond donors (Lipinski definition) is 0. The molecule has 24 heavy (non-hydrogen) atoms. The van der Waals surface area contributed by atoms with Gasteiger partial charge in [0.1, 0.15) is 0 Å². The van der Waals surface area contributed by atoms with Crippen molar-refractivity contribution in [3.05, 3.63) is 59.2 Å². The molecule has 0 saturated carbocycles. The van der Waals surface area contributed by atoms with Gasteiger partial charge < -0.3 is 4.74 Å². The van der Waals surface area contributed by atoms with E-state index in [1.54, 1.807) is 13.2 Å². The zero-order valence-corrected chi connectivity index (χ0v) is 15.2. The van der Waals surface area contributed by atoms with Gasteiger partial charge in [-0.1, -0.05) is 63.3 Å². The molecule has 0 bridgehead atoms. The molecule has 0 spiro atoms.